The quantitative estimate of drug-likeness (QED) is 0.582. The molecule has 0 saturated carbocycles. The molecular weight excluding hydrogens is 239 g/mol. The van der Waals surface area contributed by atoms with Crippen LogP contribution in [-0.2, 0) is 11.3 Å². The molecule has 1 rings (SSSR count). The van der Waals surface area contributed by atoms with Gasteiger partial charge in [0.2, 0.25) is 0 Å². The Bertz CT molecular complexity index is 398. The molecule has 1 nitrogen and oxygen atoms in total. The van der Waals surface area contributed by atoms with E-state index >= 15 is 0 Å². The number of benzene rings is 1. The molecule has 0 aliphatic rings. The molecule has 1 aromatic rings. The van der Waals surface area contributed by atoms with Crippen molar-refractivity contribution in [3.05, 3.63) is 34.6 Å². The van der Waals surface area contributed by atoms with E-state index in [0.29, 0.717) is 23.1 Å². The summed E-state index contributed by atoms with van der Waals surface area (Å²) >= 11 is 5.86. The van der Waals surface area contributed by atoms with E-state index in [-0.39, 0.29) is 12.4 Å². The lowest BCUT2D eigenvalue weighted by atomic mass is 10.1. The minimum atomic E-state index is -0.340. The molecule has 1 aromatic carbocycles. The van der Waals surface area contributed by atoms with Gasteiger partial charge in [0.1, 0.15) is 12.4 Å². The molecule has 0 bridgehead atoms. The van der Waals surface area contributed by atoms with E-state index in [1.807, 2.05) is 0 Å². The first-order valence-electron chi connectivity index (χ1n) is 5.57. The fourth-order valence-corrected chi connectivity index (χ4v) is 1.42. The van der Waals surface area contributed by atoms with Crippen LogP contribution in [0.2, 0.25) is 5.02 Å². The number of rotatable bonds is 4. The average molecular weight is 255 g/mol. The summed E-state index contributed by atoms with van der Waals surface area (Å²) in [5.41, 5.74) is 0.389. The Kier molecular flexibility index (Phi) is 6.04. The van der Waals surface area contributed by atoms with Crippen molar-refractivity contribution in [3.63, 3.8) is 0 Å². The van der Waals surface area contributed by atoms with Crippen LogP contribution in [0, 0.1) is 23.6 Å². The van der Waals surface area contributed by atoms with Gasteiger partial charge in [-0.05, 0) is 18.1 Å². The molecule has 0 N–H and O–H groups in total. The van der Waals surface area contributed by atoms with Gasteiger partial charge in [0.05, 0.1) is 6.61 Å². The summed E-state index contributed by atoms with van der Waals surface area (Å²) in [7, 11) is 0. The van der Waals surface area contributed by atoms with Crippen molar-refractivity contribution in [1.82, 2.24) is 0 Å². The fourth-order valence-electron chi connectivity index (χ4n) is 1.20. The molecule has 0 saturated heterocycles. The van der Waals surface area contributed by atoms with E-state index in [1.54, 1.807) is 12.1 Å². The second-order valence-electron chi connectivity index (χ2n) is 4.14. The lowest BCUT2D eigenvalue weighted by Gasteiger charge is -2.04. The maximum Gasteiger partial charge on any atom is 0.130 e. The molecular formula is C14H16ClFO. The third-order valence-corrected chi connectivity index (χ3v) is 2.47. The van der Waals surface area contributed by atoms with Crippen molar-refractivity contribution < 1.29 is 9.13 Å². The van der Waals surface area contributed by atoms with Gasteiger partial charge in [0, 0.05) is 17.0 Å². The smallest absolute Gasteiger partial charge is 0.130 e. The van der Waals surface area contributed by atoms with Gasteiger partial charge in [0.15, 0.2) is 0 Å². The highest BCUT2D eigenvalue weighted by Crippen LogP contribution is 2.19. The average Bonchev–Trinajstić information content (AvgIpc) is 2.26. The van der Waals surface area contributed by atoms with Crippen LogP contribution in [0.25, 0.3) is 0 Å². The zero-order valence-corrected chi connectivity index (χ0v) is 10.9. The van der Waals surface area contributed by atoms with Crippen LogP contribution in [0.3, 0.4) is 0 Å². The van der Waals surface area contributed by atoms with E-state index < -0.39 is 0 Å². The lowest BCUT2D eigenvalue weighted by molar-refractivity contribution is 0.150. The topological polar surface area (TPSA) is 9.23 Å². The zero-order chi connectivity index (χ0) is 12.7. The fraction of sp³-hybridized carbons (Fsp3) is 0.429. The molecule has 17 heavy (non-hydrogen) atoms. The molecule has 0 unspecified atom stereocenters. The normalized spacial score (nSPS) is 10.2. The number of hydrogen-bond donors (Lipinski definition) is 0. The summed E-state index contributed by atoms with van der Waals surface area (Å²) in [6.07, 6.45) is 0.851. The highest BCUT2D eigenvalue weighted by atomic mass is 35.5. The highest BCUT2D eigenvalue weighted by Gasteiger charge is 2.05. The van der Waals surface area contributed by atoms with Crippen LogP contribution >= 0.6 is 11.6 Å². The predicted molar refractivity (Wildman–Crippen MR) is 68.3 cm³/mol. The summed E-state index contributed by atoms with van der Waals surface area (Å²) in [6.45, 7) is 4.67. The number of halogens is 2. The predicted octanol–water partition coefficient (Wildman–Crippen LogP) is 4.05. The summed E-state index contributed by atoms with van der Waals surface area (Å²) in [5, 5.41) is 0.389. The molecule has 92 valence electrons. The lowest BCUT2D eigenvalue weighted by Crippen LogP contribution is -1.97. The Balaban J connectivity index is 2.38. The van der Waals surface area contributed by atoms with Crippen molar-refractivity contribution in [2.75, 3.05) is 6.61 Å². The monoisotopic (exact) mass is 254 g/mol. The zero-order valence-electron chi connectivity index (χ0n) is 10.1. The Morgan fingerprint density at radius 3 is 2.76 bits per heavy atom. The first-order chi connectivity index (χ1) is 8.11. The van der Waals surface area contributed by atoms with Gasteiger partial charge in [-0.2, -0.15) is 0 Å². The van der Waals surface area contributed by atoms with Crippen LogP contribution in [0.4, 0.5) is 4.39 Å². The first-order valence-corrected chi connectivity index (χ1v) is 5.95. The van der Waals surface area contributed by atoms with Crippen molar-refractivity contribution >= 4 is 11.6 Å². The summed E-state index contributed by atoms with van der Waals surface area (Å²) in [5.74, 6) is 6.11. The largest absolute Gasteiger partial charge is 0.364 e. The Morgan fingerprint density at radius 1 is 1.35 bits per heavy atom. The minimum Gasteiger partial charge on any atom is -0.364 e. The van der Waals surface area contributed by atoms with Crippen LogP contribution in [0.15, 0.2) is 18.2 Å². The molecule has 0 spiro atoms. The van der Waals surface area contributed by atoms with Gasteiger partial charge in [-0.1, -0.05) is 37.4 Å². The Morgan fingerprint density at radius 2 is 2.12 bits per heavy atom. The molecule has 0 aromatic heterocycles. The Labute approximate surface area is 107 Å². The van der Waals surface area contributed by atoms with Gasteiger partial charge >= 0.3 is 0 Å². The van der Waals surface area contributed by atoms with Gasteiger partial charge in [-0.3, -0.25) is 0 Å². The van der Waals surface area contributed by atoms with Crippen molar-refractivity contribution in [2.24, 2.45) is 5.92 Å². The van der Waals surface area contributed by atoms with Gasteiger partial charge in [-0.25, -0.2) is 4.39 Å². The summed E-state index contributed by atoms with van der Waals surface area (Å²) < 4.78 is 18.6. The van der Waals surface area contributed by atoms with E-state index in [1.165, 1.54) is 6.07 Å². The van der Waals surface area contributed by atoms with Crippen molar-refractivity contribution in [3.8, 4) is 11.8 Å². The third-order valence-electron chi connectivity index (χ3n) is 2.12. The number of hydrogen-bond acceptors (Lipinski definition) is 1. The Hall–Kier alpha value is -1.04. The molecule has 0 radical (unpaired) electrons. The van der Waals surface area contributed by atoms with E-state index in [9.17, 15) is 4.39 Å². The van der Waals surface area contributed by atoms with Gasteiger partial charge in [-0.15, -0.1) is 5.92 Å². The minimum absolute atomic E-state index is 0.155. The first kappa shape index (κ1) is 14.0. The molecule has 0 aliphatic carbocycles. The van der Waals surface area contributed by atoms with E-state index in [4.69, 9.17) is 16.3 Å². The van der Waals surface area contributed by atoms with E-state index in [2.05, 4.69) is 25.7 Å². The SMILES string of the molecule is CC(C)CC#CCOCc1c(F)cccc1Cl. The second kappa shape index (κ2) is 7.32. The maximum atomic E-state index is 13.3. The van der Waals surface area contributed by atoms with Crippen LogP contribution in [-0.4, -0.2) is 6.61 Å². The highest BCUT2D eigenvalue weighted by molar-refractivity contribution is 6.31. The van der Waals surface area contributed by atoms with Gasteiger partial charge in [0.25, 0.3) is 0 Å². The molecule has 0 aliphatic heterocycles. The van der Waals surface area contributed by atoms with Crippen molar-refractivity contribution in [1.29, 1.82) is 0 Å². The molecule has 0 amide bonds. The summed E-state index contributed by atoms with van der Waals surface area (Å²) in [4.78, 5) is 0. The molecule has 0 atom stereocenters. The van der Waals surface area contributed by atoms with E-state index in [0.717, 1.165) is 6.42 Å². The molecule has 0 fully saturated rings. The van der Waals surface area contributed by atoms with Crippen LogP contribution in [0.5, 0.6) is 0 Å². The second-order valence-corrected chi connectivity index (χ2v) is 4.55. The van der Waals surface area contributed by atoms with Crippen LogP contribution < -0.4 is 0 Å². The van der Waals surface area contributed by atoms with Crippen molar-refractivity contribution in [2.45, 2.75) is 26.9 Å². The molecule has 3 heteroatoms. The standard InChI is InChI=1S/C14H16ClFO/c1-11(2)6-3-4-9-17-10-12-13(15)7-5-8-14(12)16/h5,7-8,11H,6,9-10H2,1-2H3. The summed E-state index contributed by atoms with van der Waals surface area (Å²) in [6, 6.07) is 4.59. The van der Waals surface area contributed by atoms with Gasteiger partial charge < -0.3 is 4.74 Å². The molecule has 0 heterocycles. The van der Waals surface area contributed by atoms with Crippen LogP contribution in [0.1, 0.15) is 25.8 Å². The third kappa shape index (κ3) is 5.21. The maximum absolute atomic E-state index is 13.3. The number of ether oxygens (including phenoxy) is 1.